The van der Waals surface area contributed by atoms with E-state index in [1.807, 2.05) is 0 Å². The lowest BCUT2D eigenvalue weighted by atomic mass is 10.1. The standard InChI is InChI=1S/C8H7F2N3/c9-5-3-6(10)8(11-4-5)7-1-2-12-13-7/h2-4,7,13H,1H2. The Hall–Kier alpha value is -1.52. The van der Waals surface area contributed by atoms with Crippen LogP contribution >= 0.6 is 0 Å². The minimum Gasteiger partial charge on any atom is -0.301 e. The maximum absolute atomic E-state index is 13.1. The molecule has 0 saturated carbocycles. The van der Waals surface area contributed by atoms with Gasteiger partial charge in [0.2, 0.25) is 0 Å². The number of halogens is 2. The third-order valence-electron chi connectivity index (χ3n) is 1.83. The minimum absolute atomic E-state index is 0.207. The number of aromatic nitrogens is 1. The van der Waals surface area contributed by atoms with Crippen molar-refractivity contribution in [3.63, 3.8) is 0 Å². The SMILES string of the molecule is Fc1cnc(C2CC=NN2)c(F)c1. The van der Waals surface area contributed by atoms with Crippen LogP contribution in [0.15, 0.2) is 17.4 Å². The van der Waals surface area contributed by atoms with Gasteiger partial charge in [-0.25, -0.2) is 8.78 Å². The Morgan fingerprint density at radius 3 is 2.92 bits per heavy atom. The highest BCUT2D eigenvalue weighted by Gasteiger charge is 2.19. The number of nitrogens with zero attached hydrogens (tertiary/aromatic N) is 2. The molecule has 1 aliphatic rings. The van der Waals surface area contributed by atoms with Gasteiger partial charge in [0.05, 0.1) is 12.2 Å². The van der Waals surface area contributed by atoms with Gasteiger partial charge in [0.1, 0.15) is 17.3 Å². The van der Waals surface area contributed by atoms with E-state index in [2.05, 4.69) is 15.5 Å². The highest BCUT2D eigenvalue weighted by atomic mass is 19.1. The van der Waals surface area contributed by atoms with E-state index in [4.69, 9.17) is 0 Å². The van der Waals surface area contributed by atoms with Gasteiger partial charge in [-0.1, -0.05) is 0 Å². The third-order valence-corrected chi connectivity index (χ3v) is 1.83. The summed E-state index contributed by atoms with van der Waals surface area (Å²) in [7, 11) is 0. The van der Waals surface area contributed by atoms with E-state index in [-0.39, 0.29) is 11.7 Å². The molecule has 0 bridgehead atoms. The molecular weight excluding hydrogens is 176 g/mol. The van der Waals surface area contributed by atoms with Crippen LogP contribution in [0.25, 0.3) is 0 Å². The molecule has 1 aliphatic heterocycles. The van der Waals surface area contributed by atoms with Crippen molar-refractivity contribution in [1.82, 2.24) is 10.4 Å². The lowest BCUT2D eigenvalue weighted by molar-refractivity contribution is 0.513. The average molecular weight is 183 g/mol. The third kappa shape index (κ3) is 1.49. The largest absolute Gasteiger partial charge is 0.301 e. The molecule has 5 heteroatoms. The zero-order valence-electron chi connectivity index (χ0n) is 6.67. The van der Waals surface area contributed by atoms with Crippen molar-refractivity contribution < 1.29 is 8.78 Å². The molecule has 2 heterocycles. The summed E-state index contributed by atoms with van der Waals surface area (Å²) in [4.78, 5) is 3.67. The maximum Gasteiger partial charge on any atom is 0.149 e. The lowest BCUT2D eigenvalue weighted by Gasteiger charge is -2.08. The molecule has 0 radical (unpaired) electrons. The Bertz CT molecular complexity index is 343. The number of hydrogen-bond acceptors (Lipinski definition) is 3. The van der Waals surface area contributed by atoms with Gasteiger partial charge in [-0.3, -0.25) is 4.98 Å². The molecule has 1 N–H and O–H groups in total. The molecule has 0 saturated heterocycles. The fourth-order valence-corrected chi connectivity index (χ4v) is 1.21. The first-order valence-corrected chi connectivity index (χ1v) is 3.85. The van der Waals surface area contributed by atoms with Crippen molar-refractivity contribution in [2.45, 2.75) is 12.5 Å². The molecule has 3 nitrogen and oxygen atoms in total. The predicted molar refractivity (Wildman–Crippen MR) is 43.1 cm³/mol. The molecule has 0 fully saturated rings. The molecule has 1 unspecified atom stereocenters. The molecule has 13 heavy (non-hydrogen) atoms. The highest BCUT2D eigenvalue weighted by Crippen LogP contribution is 2.19. The fourth-order valence-electron chi connectivity index (χ4n) is 1.21. The van der Waals surface area contributed by atoms with Gasteiger partial charge in [0, 0.05) is 18.7 Å². The van der Waals surface area contributed by atoms with Gasteiger partial charge in [0.15, 0.2) is 0 Å². The van der Waals surface area contributed by atoms with Crippen LogP contribution in [0.5, 0.6) is 0 Å². The van der Waals surface area contributed by atoms with Crippen LogP contribution in [-0.2, 0) is 0 Å². The Morgan fingerprint density at radius 1 is 1.46 bits per heavy atom. The van der Waals surface area contributed by atoms with Crippen LogP contribution in [0, 0.1) is 11.6 Å². The summed E-state index contributed by atoms with van der Waals surface area (Å²) in [5.74, 6) is -1.30. The highest BCUT2D eigenvalue weighted by molar-refractivity contribution is 5.60. The van der Waals surface area contributed by atoms with Crippen LogP contribution in [0.2, 0.25) is 0 Å². The predicted octanol–water partition coefficient (Wildman–Crippen LogP) is 1.38. The Balaban J connectivity index is 2.30. The van der Waals surface area contributed by atoms with Gasteiger partial charge in [0.25, 0.3) is 0 Å². The average Bonchev–Trinajstić information content (AvgIpc) is 2.56. The zero-order valence-corrected chi connectivity index (χ0v) is 6.67. The summed E-state index contributed by atoms with van der Waals surface area (Å²) >= 11 is 0. The zero-order chi connectivity index (χ0) is 9.26. The van der Waals surface area contributed by atoms with Crippen molar-refractivity contribution in [1.29, 1.82) is 0 Å². The fraction of sp³-hybridized carbons (Fsp3) is 0.250. The number of hydrogen-bond donors (Lipinski definition) is 1. The summed E-state index contributed by atoms with van der Waals surface area (Å²) < 4.78 is 25.6. The van der Waals surface area contributed by atoms with Crippen LogP contribution in [0.1, 0.15) is 18.2 Å². The van der Waals surface area contributed by atoms with E-state index < -0.39 is 11.6 Å². The molecular formula is C8H7F2N3. The number of hydrazone groups is 1. The van der Waals surface area contributed by atoms with Gasteiger partial charge in [-0.05, 0) is 0 Å². The van der Waals surface area contributed by atoms with Gasteiger partial charge >= 0.3 is 0 Å². The number of nitrogens with one attached hydrogen (secondary N) is 1. The van der Waals surface area contributed by atoms with E-state index >= 15 is 0 Å². The van der Waals surface area contributed by atoms with Crippen LogP contribution in [0.4, 0.5) is 8.78 Å². The quantitative estimate of drug-likeness (QED) is 0.714. The molecule has 0 spiro atoms. The van der Waals surface area contributed by atoms with E-state index in [1.165, 1.54) is 0 Å². The summed E-state index contributed by atoms with van der Waals surface area (Å²) in [6.45, 7) is 0. The first-order chi connectivity index (χ1) is 6.27. The first kappa shape index (κ1) is 8.10. The molecule has 68 valence electrons. The van der Waals surface area contributed by atoms with Crippen molar-refractivity contribution in [3.8, 4) is 0 Å². The lowest BCUT2D eigenvalue weighted by Crippen LogP contribution is -2.13. The van der Waals surface area contributed by atoms with E-state index in [0.717, 1.165) is 12.3 Å². The Labute approximate surface area is 73.5 Å². The van der Waals surface area contributed by atoms with E-state index in [1.54, 1.807) is 6.21 Å². The summed E-state index contributed by atoms with van der Waals surface area (Å²) in [6.07, 6.45) is 3.21. The van der Waals surface area contributed by atoms with E-state index in [9.17, 15) is 8.78 Å². The van der Waals surface area contributed by atoms with Crippen LogP contribution in [0.3, 0.4) is 0 Å². The molecule has 0 amide bonds. The second-order valence-electron chi connectivity index (χ2n) is 2.75. The molecule has 2 rings (SSSR count). The number of pyridine rings is 1. The topological polar surface area (TPSA) is 37.3 Å². The molecule has 1 aromatic rings. The Kier molecular flexibility index (Phi) is 1.92. The monoisotopic (exact) mass is 183 g/mol. The van der Waals surface area contributed by atoms with Crippen molar-refractivity contribution in [2.24, 2.45) is 5.10 Å². The molecule has 1 aromatic heterocycles. The summed E-state index contributed by atoms with van der Waals surface area (Å²) in [5.41, 5.74) is 2.88. The van der Waals surface area contributed by atoms with Crippen molar-refractivity contribution in [3.05, 3.63) is 29.6 Å². The minimum atomic E-state index is -0.667. The smallest absolute Gasteiger partial charge is 0.149 e. The second-order valence-corrected chi connectivity index (χ2v) is 2.75. The van der Waals surface area contributed by atoms with Gasteiger partial charge < -0.3 is 5.43 Å². The van der Waals surface area contributed by atoms with E-state index in [0.29, 0.717) is 6.42 Å². The first-order valence-electron chi connectivity index (χ1n) is 3.85. The normalized spacial score (nSPS) is 20.3. The Morgan fingerprint density at radius 2 is 2.31 bits per heavy atom. The van der Waals surface area contributed by atoms with Crippen LogP contribution in [-0.4, -0.2) is 11.2 Å². The number of rotatable bonds is 1. The molecule has 0 aliphatic carbocycles. The summed E-state index contributed by atoms with van der Waals surface area (Å²) in [6, 6.07) is 0.558. The maximum atomic E-state index is 13.1. The molecule has 1 atom stereocenters. The second kappa shape index (κ2) is 3.08. The van der Waals surface area contributed by atoms with Crippen molar-refractivity contribution >= 4 is 6.21 Å². The van der Waals surface area contributed by atoms with Crippen LogP contribution < -0.4 is 5.43 Å². The van der Waals surface area contributed by atoms with Crippen molar-refractivity contribution in [2.75, 3.05) is 0 Å². The summed E-state index contributed by atoms with van der Waals surface area (Å²) in [5, 5.41) is 3.73. The van der Waals surface area contributed by atoms with Gasteiger partial charge in [-0.15, -0.1) is 0 Å². The van der Waals surface area contributed by atoms with Gasteiger partial charge in [-0.2, -0.15) is 5.10 Å². The molecule has 0 aromatic carbocycles.